The fourth-order valence-electron chi connectivity index (χ4n) is 2.91. The van der Waals surface area contributed by atoms with Gasteiger partial charge in [0.1, 0.15) is 0 Å². The molecule has 0 atom stereocenters. The topological polar surface area (TPSA) is 91.6 Å². The third-order valence-electron chi connectivity index (χ3n) is 4.21. The van der Waals surface area contributed by atoms with Gasteiger partial charge in [-0.3, -0.25) is 13.9 Å². The van der Waals surface area contributed by atoms with E-state index in [1.54, 1.807) is 49.4 Å². The molecule has 0 spiro atoms. The second kappa shape index (κ2) is 7.55. The zero-order valence-electron chi connectivity index (χ0n) is 14.7. The summed E-state index contributed by atoms with van der Waals surface area (Å²) in [6, 6.07) is 18.0. The number of benzene rings is 2. The summed E-state index contributed by atoms with van der Waals surface area (Å²) in [6.45, 7) is 2.01. The fraction of sp³-hybridized carbons (Fsp3) is 0.143. The zero-order valence-corrected chi connectivity index (χ0v) is 14.7. The molecular formula is C21H16N4O2. The van der Waals surface area contributed by atoms with Gasteiger partial charge in [0.15, 0.2) is 0 Å². The molecule has 1 aromatic heterocycles. The van der Waals surface area contributed by atoms with Crippen molar-refractivity contribution in [2.45, 2.75) is 20.0 Å². The average molecular weight is 356 g/mol. The van der Waals surface area contributed by atoms with E-state index in [0.29, 0.717) is 22.3 Å². The van der Waals surface area contributed by atoms with Crippen LogP contribution in [0.25, 0.3) is 0 Å². The molecule has 1 heterocycles. The molecule has 0 unspecified atom stereocenters. The maximum atomic E-state index is 12.9. The van der Waals surface area contributed by atoms with Crippen LogP contribution in [0.2, 0.25) is 0 Å². The lowest BCUT2D eigenvalue weighted by Gasteiger charge is -2.12. The summed E-state index contributed by atoms with van der Waals surface area (Å²) in [7, 11) is 0. The summed E-state index contributed by atoms with van der Waals surface area (Å²) in [4.78, 5) is 25.4. The minimum Gasteiger partial charge on any atom is -0.296 e. The van der Waals surface area contributed by atoms with E-state index in [-0.39, 0.29) is 18.6 Å². The van der Waals surface area contributed by atoms with Gasteiger partial charge in [0.2, 0.25) is 0 Å². The van der Waals surface area contributed by atoms with Gasteiger partial charge in [0, 0.05) is 11.8 Å². The Morgan fingerprint density at radius 3 is 2.00 bits per heavy atom. The molecule has 27 heavy (non-hydrogen) atoms. The number of hydrogen-bond donors (Lipinski definition) is 0. The molecule has 0 aliphatic rings. The molecule has 0 aliphatic heterocycles. The van der Waals surface area contributed by atoms with Crippen molar-refractivity contribution < 1.29 is 0 Å². The molecule has 0 amide bonds. The standard InChI is InChI=1S/C21H16N4O2/c1-15-12-24(13-18-6-2-4-16(8-18)10-22)21(27)25(20(15)26)14-19-7-3-5-17(9-19)11-23/h2-9,12H,13-14H2,1H3. The fourth-order valence-corrected chi connectivity index (χ4v) is 2.91. The predicted molar refractivity (Wildman–Crippen MR) is 100 cm³/mol. The van der Waals surface area contributed by atoms with Crippen LogP contribution in [0.4, 0.5) is 0 Å². The Labute approximate surface area is 155 Å². The van der Waals surface area contributed by atoms with E-state index in [0.717, 1.165) is 5.56 Å². The van der Waals surface area contributed by atoms with Crippen LogP contribution in [0.5, 0.6) is 0 Å². The summed E-state index contributed by atoms with van der Waals surface area (Å²) in [5, 5.41) is 18.1. The molecule has 2 aromatic carbocycles. The molecule has 0 N–H and O–H groups in total. The highest BCUT2D eigenvalue weighted by Gasteiger charge is 2.10. The smallest absolute Gasteiger partial charge is 0.296 e. The van der Waals surface area contributed by atoms with E-state index in [2.05, 4.69) is 12.1 Å². The van der Waals surface area contributed by atoms with Crippen molar-refractivity contribution in [2.24, 2.45) is 0 Å². The van der Waals surface area contributed by atoms with Gasteiger partial charge in [-0.1, -0.05) is 24.3 Å². The molecule has 6 nitrogen and oxygen atoms in total. The Kier molecular flexibility index (Phi) is 5.01. The second-order valence-corrected chi connectivity index (χ2v) is 6.24. The summed E-state index contributed by atoms with van der Waals surface area (Å²) in [5.74, 6) is 0. The van der Waals surface area contributed by atoms with Gasteiger partial charge >= 0.3 is 5.69 Å². The maximum absolute atomic E-state index is 12.9. The van der Waals surface area contributed by atoms with E-state index < -0.39 is 5.69 Å². The lowest BCUT2D eigenvalue weighted by atomic mass is 10.1. The number of aryl methyl sites for hydroxylation is 1. The van der Waals surface area contributed by atoms with E-state index in [4.69, 9.17) is 10.5 Å². The van der Waals surface area contributed by atoms with E-state index in [1.807, 2.05) is 6.07 Å². The van der Waals surface area contributed by atoms with Gasteiger partial charge in [0.05, 0.1) is 36.4 Å². The normalized spacial score (nSPS) is 10.2. The average Bonchev–Trinajstić information content (AvgIpc) is 2.69. The Hall–Kier alpha value is -3.90. The van der Waals surface area contributed by atoms with Crippen LogP contribution in [0.1, 0.15) is 27.8 Å². The zero-order chi connectivity index (χ0) is 19.4. The minimum atomic E-state index is -0.435. The molecule has 0 saturated carbocycles. The number of rotatable bonds is 4. The van der Waals surface area contributed by atoms with Crippen molar-refractivity contribution in [3.05, 3.63) is 103 Å². The molecule has 0 aliphatic carbocycles. The lowest BCUT2D eigenvalue weighted by molar-refractivity contribution is 0.605. The first-order valence-corrected chi connectivity index (χ1v) is 8.31. The van der Waals surface area contributed by atoms with Crippen LogP contribution in [0, 0.1) is 29.6 Å². The van der Waals surface area contributed by atoms with Crippen molar-refractivity contribution in [1.82, 2.24) is 9.13 Å². The first-order chi connectivity index (χ1) is 13.0. The summed E-state index contributed by atoms with van der Waals surface area (Å²) in [6.07, 6.45) is 1.53. The molecule has 3 aromatic rings. The molecule has 0 saturated heterocycles. The highest BCUT2D eigenvalue weighted by molar-refractivity contribution is 5.34. The first kappa shape index (κ1) is 17.9. The Balaban J connectivity index is 2.02. The van der Waals surface area contributed by atoms with E-state index >= 15 is 0 Å². The largest absolute Gasteiger partial charge is 0.331 e. The predicted octanol–water partition coefficient (Wildman–Crippen LogP) is 2.16. The number of aromatic nitrogens is 2. The Morgan fingerprint density at radius 1 is 0.889 bits per heavy atom. The van der Waals surface area contributed by atoms with Crippen molar-refractivity contribution in [3.8, 4) is 12.1 Å². The van der Waals surface area contributed by atoms with Gasteiger partial charge in [-0.05, 0) is 42.3 Å². The Morgan fingerprint density at radius 2 is 1.44 bits per heavy atom. The molecule has 0 radical (unpaired) electrons. The van der Waals surface area contributed by atoms with Crippen LogP contribution in [-0.4, -0.2) is 9.13 Å². The summed E-state index contributed by atoms with van der Waals surface area (Å²) >= 11 is 0. The van der Waals surface area contributed by atoms with Crippen LogP contribution in [0.15, 0.2) is 64.3 Å². The van der Waals surface area contributed by atoms with Crippen molar-refractivity contribution in [2.75, 3.05) is 0 Å². The lowest BCUT2D eigenvalue weighted by Crippen LogP contribution is -2.41. The molecule has 0 fully saturated rings. The molecule has 6 heteroatoms. The highest BCUT2D eigenvalue weighted by Crippen LogP contribution is 2.07. The maximum Gasteiger partial charge on any atom is 0.331 e. The number of nitriles is 2. The van der Waals surface area contributed by atoms with Crippen molar-refractivity contribution >= 4 is 0 Å². The first-order valence-electron chi connectivity index (χ1n) is 8.31. The second-order valence-electron chi connectivity index (χ2n) is 6.24. The molecule has 3 rings (SSSR count). The minimum absolute atomic E-state index is 0.0904. The quantitative estimate of drug-likeness (QED) is 0.716. The number of hydrogen-bond acceptors (Lipinski definition) is 4. The van der Waals surface area contributed by atoms with Crippen LogP contribution in [-0.2, 0) is 13.1 Å². The number of nitrogens with zero attached hydrogens (tertiary/aromatic N) is 4. The van der Waals surface area contributed by atoms with Gasteiger partial charge in [-0.15, -0.1) is 0 Å². The van der Waals surface area contributed by atoms with Crippen LogP contribution >= 0.6 is 0 Å². The van der Waals surface area contributed by atoms with Gasteiger partial charge in [-0.25, -0.2) is 4.79 Å². The highest BCUT2D eigenvalue weighted by atomic mass is 16.2. The van der Waals surface area contributed by atoms with Gasteiger partial charge in [0.25, 0.3) is 5.56 Å². The van der Waals surface area contributed by atoms with Gasteiger partial charge < -0.3 is 0 Å². The Bertz CT molecular complexity index is 1210. The third-order valence-corrected chi connectivity index (χ3v) is 4.21. The molecular weight excluding hydrogens is 340 g/mol. The van der Waals surface area contributed by atoms with Crippen molar-refractivity contribution in [1.29, 1.82) is 10.5 Å². The summed E-state index contributed by atoms with van der Waals surface area (Å²) in [5.41, 5.74) is 2.15. The summed E-state index contributed by atoms with van der Waals surface area (Å²) < 4.78 is 2.63. The SMILES string of the molecule is Cc1cn(Cc2cccc(C#N)c2)c(=O)n(Cc2cccc(C#N)c2)c1=O. The van der Waals surface area contributed by atoms with Gasteiger partial charge in [-0.2, -0.15) is 10.5 Å². The van der Waals surface area contributed by atoms with E-state index in [1.165, 1.54) is 15.3 Å². The van der Waals surface area contributed by atoms with Crippen molar-refractivity contribution in [3.63, 3.8) is 0 Å². The monoisotopic (exact) mass is 356 g/mol. The third kappa shape index (κ3) is 3.86. The van der Waals surface area contributed by atoms with E-state index in [9.17, 15) is 9.59 Å². The molecule has 132 valence electrons. The molecule has 0 bridgehead atoms. The van der Waals surface area contributed by atoms with Crippen LogP contribution in [0.3, 0.4) is 0 Å². The van der Waals surface area contributed by atoms with Crippen LogP contribution < -0.4 is 11.2 Å².